The van der Waals surface area contributed by atoms with Gasteiger partial charge in [0.05, 0.1) is 0 Å². The van der Waals surface area contributed by atoms with Crippen LogP contribution in [-0.2, 0) is 10.3 Å². The fourth-order valence-corrected chi connectivity index (χ4v) is 2.17. The Balaban J connectivity index is 2.58. The number of carbonyl (C=O) groups excluding carboxylic acids is 1. The molecule has 1 amide bonds. The molecule has 1 saturated heterocycles. The highest BCUT2D eigenvalue weighted by molar-refractivity contribution is 5.78. The van der Waals surface area contributed by atoms with Gasteiger partial charge in [-0.2, -0.15) is 0 Å². The van der Waals surface area contributed by atoms with Crippen molar-refractivity contribution in [2.24, 2.45) is 0 Å². The summed E-state index contributed by atoms with van der Waals surface area (Å²) in [6.07, 6.45) is -4.72. The third-order valence-electron chi connectivity index (χ3n) is 3.14. The number of amides is 1. The zero-order valence-corrected chi connectivity index (χ0v) is 9.30. The van der Waals surface area contributed by atoms with Crippen molar-refractivity contribution in [3.05, 3.63) is 35.9 Å². The molecule has 2 nitrogen and oxygen atoms in total. The van der Waals surface area contributed by atoms with Gasteiger partial charge in [0.1, 0.15) is 0 Å². The molecule has 1 fully saturated rings. The smallest absolute Gasteiger partial charge is 0.281 e. The van der Waals surface area contributed by atoms with Gasteiger partial charge in [0.25, 0.3) is 12.3 Å². The van der Waals surface area contributed by atoms with Gasteiger partial charge >= 0.3 is 0 Å². The molecule has 1 atom stereocenters. The van der Waals surface area contributed by atoms with E-state index in [1.165, 1.54) is 30.3 Å². The standard InChI is InChI=1S/C12H11F4NO/c13-10(14)12(8-4-2-1-3-5-8)11(15,16)7-6-9(18)17-12/h1-5,10H,6-7H2,(H,17,18)/t12-/m0/s1. The lowest BCUT2D eigenvalue weighted by Crippen LogP contribution is -2.65. The fraction of sp³-hybridized carbons (Fsp3) is 0.417. The summed E-state index contributed by atoms with van der Waals surface area (Å²) in [5.74, 6) is -4.47. The largest absolute Gasteiger partial charge is 0.336 e. The van der Waals surface area contributed by atoms with E-state index in [1.54, 1.807) is 5.32 Å². The Morgan fingerprint density at radius 1 is 1.17 bits per heavy atom. The van der Waals surface area contributed by atoms with Crippen LogP contribution in [0, 0.1) is 0 Å². The van der Waals surface area contributed by atoms with Crippen molar-refractivity contribution < 1.29 is 22.4 Å². The number of piperidine rings is 1. The molecule has 6 heteroatoms. The molecular weight excluding hydrogens is 250 g/mol. The maximum Gasteiger partial charge on any atom is 0.281 e. The van der Waals surface area contributed by atoms with Crippen LogP contribution in [0.1, 0.15) is 18.4 Å². The van der Waals surface area contributed by atoms with Crippen molar-refractivity contribution in [1.29, 1.82) is 0 Å². The molecule has 1 N–H and O–H groups in total. The van der Waals surface area contributed by atoms with E-state index in [-0.39, 0.29) is 5.56 Å². The number of hydrogen-bond donors (Lipinski definition) is 1. The third-order valence-corrected chi connectivity index (χ3v) is 3.14. The average molecular weight is 261 g/mol. The number of halogens is 4. The van der Waals surface area contributed by atoms with Gasteiger partial charge in [-0.15, -0.1) is 0 Å². The van der Waals surface area contributed by atoms with E-state index in [0.717, 1.165) is 0 Å². The monoisotopic (exact) mass is 261 g/mol. The maximum absolute atomic E-state index is 13.9. The van der Waals surface area contributed by atoms with Crippen LogP contribution in [0.25, 0.3) is 0 Å². The van der Waals surface area contributed by atoms with E-state index >= 15 is 0 Å². The minimum absolute atomic E-state index is 0.280. The lowest BCUT2D eigenvalue weighted by Gasteiger charge is -2.43. The van der Waals surface area contributed by atoms with Crippen LogP contribution in [0.3, 0.4) is 0 Å². The van der Waals surface area contributed by atoms with Crippen molar-refractivity contribution in [3.63, 3.8) is 0 Å². The maximum atomic E-state index is 13.9. The molecule has 0 bridgehead atoms. The zero-order chi connectivity index (χ0) is 13.4. The summed E-state index contributed by atoms with van der Waals surface area (Å²) in [7, 11) is 0. The van der Waals surface area contributed by atoms with Crippen LogP contribution in [0.5, 0.6) is 0 Å². The van der Waals surface area contributed by atoms with Crippen molar-refractivity contribution in [3.8, 4) is 0 Å². The van der Waals surface area contributed by atoms with Crippen LogP contribution >= 0.6 is 0 Å². The number of carbonyl (C=O) groups is 1. The molecule has 0 aromatic heterocycles. The average Bonchev–Trinajstić information content (AvgIpc) is 2.33. The minimum Gasteiger partial charge on any atom is -0.336 e. The van der Waals surface area contributed by atoms with Crippen molar-refractivity contribution in [1.82, 2.24) is 5.32 Å². The summed E-state index contributed by atoms with van der Waals surface area (Å²) < 4.78 is 54.3. The zero-order valence-electron chi connectivity index (χ0n) is 9.30. The molecule has 0 unspecified atom stereocenters. The number of nitrogens with one attached hydrogen (secondary N) is 1. The summed E-state index contributed by atoms with van der Waals surface area (Å²) >= 11 is 0. The SMILES string of the molecule is O=C1CCC(F)(F)[C@](c2ccccc2)(C(F)F)N1. The van der Waals surface area contributed by atoms with E-state index in [0.29, 0.717) is 0 Å². The summed E-state index contributed by atoms with van der Waals surface area (Å²) in [4.78, 5) is 11.3. The topological polar surface area (TPSA) is 29.1 Å². The normalized spacial score (nSPS) is 27.1. The molecule has 0 saturated carbocycles. The van der Waals surface area contributed by atoms with E-state index < -0.39 is 36.6 Å². The van der Waals surface area contributed by atoms with Crippen LogP contribution in [0.2, 0.25) is 0 Å². The first-order chi connectivity index (χ1) is 8.40. The minimum atomic E-state index is -3.68. The Kier molecular flexibility index (Phi) is 3.04. The van der Waals surface area contributed by atoms with E-state index in [1.807, 2.05) is 0 Å². The van der Waals surface area contributed by atoms with Crippen LogP contribution < -0.4 is 5.32 Å². The predicted octanol–water partition coefficient (Wildman–Crippen LogP) is 2.69. The molecule has 1 heterocycles. The summed E-state index contributed by atoms with van der Waals surface area (Å²) in [6.45, 7) is 0. The van der Waals surface area contributed by atoms with Gasteiger partial charge in [-0.3, -0.25) is 4.79 Å². The van der Waals surface area contributed by atoms with Crippen molar-refractivity contribution in [2.45, 2.75) is 30.7 Å². The fourth-order valence-electron chi connectivity index (χ4n) is 2.17. The number of hydrogen-bond acceptors (Lipinski definition) is 1. The Morgan fingerprint density at radius 2 is 1.78 bits per heavy atom. The van der Waals surface area contributed by atoms with Crippen LogP contribution in [0.15, 0.2) is 30.3 Å². The Labute approximate surface area is 101 Å². The molecule has 0 radical (unpaired) electrons. The molecule has 1 aromatic carbocycles. The number of benzene rings is 1. The number of alkyl halides is 4. The first kappa shape index (κ1) is 12.9. The van der Waals surface area contributed by atoms with Gasteiger partial charge < -0.3 is 5.32 Å². The van der Waals surface area contributed by atoms with Gasteiger partial charge in [-0.1, -0.05) is 30.3 Å². The quantitative estimate of drug-likeness (QED) is 0.815. The first-order valence-corrected chi connectivity index (χ1v) is 5.42. The van der Waals surface area contributed by atoms with Crippen molar-refractivity contribution in [2.75, 3.05) is 0 Å². The number of rotatable bonds is 2. The van der Waals surface area contributed by atoms with Crippen LogP contribution in [-0.4, -0.2) is 18.3 Å². The Morgan fingerprint density at radius 3 is 2.33 bits per heavy atom. The first-order valence-electron chi connectivity index (χ1n) is 5.42. The second-order valence-electron chi connectivity index (χ2n) is 4.23. The molecule has 0 aliphatic carbocycles. The highest BCUT2D eigenvalue weighted by Gasteiger charge is 2.63. The van der Waals surface area contributed by atoms with Gasteiger partial charge in [0.2, 0.25) is 5.91 Å². The highest BCUT2D eigenvalue weighted by Crippen LogP contribution is 2.47. The van der Waals surface area contributed by atoms with Crippen molar-refractivity contribution >= 4 is 5.91 Å². The van der Waals surface area contributed by atoms with E-state index in [2.05, 4.69) is 0 Å². The Bertz CT molecular complexity index is 449. The lowest BCUT2D eigenvalue weighted by molar-refractivity contribution is -0.182. The summed E-state index contributed by atoms with van der Waals surface area (Å²) in [5, 5.41) is 1.80. The molecule has 18 heavy (non-hydrogen) atoms. The predicted molar refractivity (Wildman–Crippen MR) is 56.4 cm³/mol. The molecule has 1 aromatic rings. The van der Waals surface area contributed by atoms with Gasteiger partial charge in [-0.05, 0) is 5.56 Å². The second kappa shape index (κ2) is 4.26. The lowest BCUT2D eigenvalue weighted by atomic mass is 9.79. The highest BCUT2D eigenvalue weighted by atomic mass is 19.3. The van der Waals surface area contributed by atoms with E-state index in [9.17, 15) is 22.4 Å². The molecule has 1 aliphatic rings. The molecule has 1 aliphatic heterocycles. The summed E-state index contributed by atoms with van der Waals surface area (Å²) in [6, 6.07) is 6.65. The van der Waals surface area contributed by atoms with Gasteiger partial charge in [0.15, 0.2) is 5.54 Å². The Hall–Kier alpha value is -1.59. The summed E-state index contributed by atoms with van der Waals surface area (Å²) in [5.41, 5.74) is -3.21. The molecule has 98 valence electrons. The van der Waals surface area contributed by atoms with Crippen LogP contribution in [0.4, 0.5) is 17.6 Å². The molecule has 2 rings (SSSR count). The molecule has 0 spiro atoms. The second-order valence-corrected chi connectivity index (χ2v) is 4.23. The van der Waals surface area contributed by atoms with Gasteiger partial charge in [0, 0.05) is 12.8 Å². The molecular formula is C12H11F4NO. The van der Waals surface area contributed by atoms with Gasteiger partial charge in [-0.25, -0.2) is 17.6 Å². The third kappa shape index (κ3) is 1.76. The van der Waals surface area contributed by atoms with E-state index in [4.69, 9.17) is 0 Å².